The lowest BCUT2D eigenvalue weighted by molar-refractivity contribution is -0.121. The van der Waals surface area contributed by atoms with E-state index in [-0.39, 0.29) is 18.4 Å². The predicted octanol–water partition coefficient (Wildman–Crippen LogP) is 3.35. The fourth-order valence-electron chi connectivity index (χ4n) is 2.56. The second-order valence-corrected chi connectivity index (χ2v) is 5.39. The molecular formula is C16H20N2O2. The number of para-hydroxylation sites is 2. The molecule has 106 valence electrons. The third-order valence-corrected chi connectivity index (χ3v) is 3.82. The third kappa shape index (κ3) is 3.74. The van der Waals surface area contributed by atoms with Crippen molar-refractivity contribution in [3.63, 3.8) is 0 Å². The molecule has 4 nitrogen and oxygen atoms in total. The number of carbonyl (C=O) groups is 1. The van der Waals surface area contributed by atoms with Crippen molar-refractivity contribution in [2.75, 3.05) is 11.9 Å². The highest BCUT2D eigenvalue weighted by Gasteiger charge is 2.24. The third-order valence-electron chi connectivity index (χ3n) is 3.82. The zero-order valence-corrected chi connectivity index (χ0v) is 11.8. The summed E-state index contributed by atoms with van der Waals surface area (Å²) in [6.07, 6.45) is 4.14. The summed E-state index contributed by atoms with van der Waals surface area (Å²) in [6.45, 7) is 2.22. The Labute approximate surface area is 119 Å². The Morgan fingerprint density at radius 3 is 2.75 bits per heavy atom. The molecule has 0 spiro atoms. The monoisotopic (exact) mass is 272 g/mol. The van der Waals surface area contributed by atoms with Crippen LogP contribution in [0.1, 0.15) is 32.6 Å². The van der Waals surface area contributed by atoms with E-state index >= 15 is 0 Å². The molecule has 0 atom stereocenters. The van der Waals surface area contributed by atoms with Gasteiger partial charge in [-0.3, -0.25) is 4.79 Å². The number of benzene rings is 1. The zero-order chi connectivity index (χ0) is 14.4. The summed E-state index contributed by atoms with van der Waals surface area (Å²) in [5.74, 6) is 1.43. The summed E-state index contributed by atoms with van der Waals surface area (Å²) < 4.78 is 5.32. The van der Waals surface area contributed by atoms with Crippen LogP contribution in [0.3, 0.4) is 0 Å². The van der Waals surface area contributed by atoms with E-state index in [1.807, 2.05) is 18.2 Å². The minimum Gasteiger partial charge on any atom is -0.477 e. The lowest BCUT2D eigenvalue weighted by Gasteiger charge is -2.25. The van der Waals surface area contributed by atoms with E-state index in [0.717, 1.165) is 31.6 Å². The Balaban J connectivity index is 1.99. The predicted molar refractivity (Wildman–Crippen MR) is 77.3 cm³/mol. The molecule has 1 N–H and O–H groups in total. The van der Waals surface area contributed by atoms with E-state index in [0.29, 0.717) is 11.4 Å². The first kappa shape index (κ1) is 14.4. The normalized spacial score (nSPS) is 21.8. The highest BCUT2D eigenvalue weighted by Crippen LogP contribution is 2.30. The molecule has 0 aromatic heterocycles. The minimum atomic E-state index is -0.0200. The molecule has 0 aliphatic heterocycles. The maximum Gasteiger partial charge on any atom is 0.227 e. The molecule has 1 aliphatic rings. The number of nitrogens with zero attached hydrogens (tertiary/aromatic N) is 1. The van der Waals surface area contributed by atoms with Gasteiger partial charge in [-0.05, 0) is 43.7 Å². The van der Waals surface area contributed by atoms with Gasteiger partial charge in [0.25, 0.3) is 0 Å². The Hall–Kier alpha value is -2.02. The van der Waals surface area contributed by atoms with Crippen molar-refractivity contribution in [2.24, 2.45) is 11.8 Å². The second kappa shape index (κ2) is 6.95. The van der Waals surface area contributed by atoms with Crippen molar-refractivity contribution < 1.29 is 9.53 Å². The quantitative estimate of drug-likeness (QED) is 0.914. The van der Waals surface area contributed by atoms with Crippen LogP contribution in [0.15, 0.2) is 24.3 Å². The topological polar surface area (TPSA) is 62.1 Å². The number of ether oxygens (including phenoxy) is 1. The van der Waals surface area contributed by atoms with Crippen LogP contribution in [-0.4, -0.2) is 12.5 Å². The summed E-state index contributed by atoms with van der Waals surface area (Å²) in [5.41, 5.74) is 0.645. The molecule has 1 aromatic rings. The van der Waals surface area contributed by atoms with E-state index in [4.69, 9.17) is 10.00 Å². The van der Waals surface area contributed by atoms with Crippen molar-refractivity contribution in [3.05, 3.63) is 24.3 Å². The molecule has 1 aromatic carbocycles. The number of amides is 1. The number of anilines is 1. The molecule has 1 saturated carbocycles. The van der Waals surface area contributed by atoms with E-state index < -0.39 is 0 Å². The van der Waals surface area contributed by atoms with E-state index in [9.17, 15) is 4.79 Å². The average molecular weight is 272 g/mol. The van der Waals surface area contributed by atoms with Gasteiger partial charge in [0.15, 0.2) is 6.61 Å². The van der Waals surface area contributed by atoms with Crippen LogP contribution < -0.4 is 10.1 Å². The second-order valence-electron chi connectivity index (χ2n) is 5.39. The van der Waals surface area contributed by atoms with E-state index in [2.05, 4.69) is 12.2 Å². The maximum atomic E-state index is 12.3. The fraction of sp³-hybridized carbons (Fsp3) is 0.500. The smallest absolute Gasteiger partial charge is 0.227 e. The van der Waals surface area contributed by atoms with Gasteiger partial charge in [-0.15, -0.1) is 0 Å². The van der Waals surface area contributed by atoms with Gasteiger partial charge in [0, 0.05) is 5.92 Å². The summed E-state index contributed by atoms with van der Waals surface area (Å²) in [6, 6.07) is 9.16. The van der Waals surface area contributed by atoms with Gasteiger partial charge in [0.2, 0.25) is 5.91 Å². The van der Waals surface area contributed by atoms with E-state index in [1.54, 1.807) is 12.1 Å². The summed E-state index contributed by atoms with van der Waals surface area (Å²) >= 11 is 0. The van der Waals surface area contributed by atoms with Crippen LogP contribution in [0.2, 0.25) is 0 Å². The zero-order valence-electron chi connectivity index (χ0n) is 11.8. The summed E-state index contributed by atoms with van der Waals surface area (Å²) in [7, 11) is 0. The molecule has 1 fully saturated rings. The molecule has 20 heavy (non-hydrogen) atoms. The van der Waals surface area contributed by atoms with Crippen molar-refractivity contribution in [3.8, 4) is 11.8 Å². The molecule has 0 radical (unpaired) electrons. The van der Waals surface area contributed by atoms with Gasteiger partial charge < -0.3 is 10.1 Å². The van der Waals surface area contributed by atoms with Crippen molar-refractivity contribution in [1.29, 1.82) is 5.26 Å². The van der Waals surface area contributed by atoms with Crippen LogP contribution in [0, 0.1) is 23.2 Å². The van der Waals surface area contributed by atoms with Crippen LogP contribution in [0.4, 0.5) is 5.69 Å². The van der Waals surface area contributed by atoms with Gasteiger partial charge in [0.1, 0.15) is 11.8 Å². The molecule has 1 amide bonds. The first-order valence-electron chi connectivity index (χ1n) is 7.10. The molecule has 4 heteroatoms. The largest absolute Gasteiger partial charge is 0.477 e. The number of hydrogen-bond donors (Lipinski definition) is 1. The van der Waals surface area contributed by atoms with Crippen molar-refractivity contribution in [1.82, 2.24) is 0 Å². The highest BCUT2D eigenvalue weighted by molar-refractivity contribution is 5.94. The van der Waals surface area contributed by atoms with Gasteiger partial charge in [-0.1, -0.05) is 19.1 Å². The molecule has 0 unspecified atom stereocenters. The highest BCUT2D eigenvalue weighted by atomic mass is 16.5. The molecular weight excluding hydrogens is 252 g/mol. The van der Waals surface area contributed by atoms with Crippen molar-refractivity contribution in [2.45, 2.75) is 32.6 Å². The number of nitriles is 1. The number of rotatable bonds is 4. The average Bonchev–Trinajstić information content (AvgIpc) is 2.47. The minimum absolute atomic E-state index is 0.0200. The van der Waals surface area contributed by atoms with Crippen LogP contribution >= 0.6 is 0 Å². The first-order chi connectivity index (χ1) is 9.70. The fourth-order valence-corrected chi connectivity index (χ4v) is 2.56. The Bertz CT molecular complexity index is 499. The van der Waals surface area contributed by atoms with Crippen LogP contribution in [0.5, 0.6) is 5.75 Å². The van der Waals surface area contributed by atoms with Gasteiger partial charge in [0.05, 0.1) is 5.69 Å². The molecule has 2 rings (SSSR count). The summed E-state index contributed by atoms with van der Waals surface area (Å²) in [4.78, 5) is 12.3. The maximum absolute atomic E-state index is 12.3. The standard InChI is InChI=1S/C16H20N2O2/c1-12-6-8-13(9-7-12)16(19)18-14-4-2-3-5-15(14)20-11-10-17/h2-5,12-13H,6-9,11H2,1H3,(H,18,19). The molecule has 0 heterocycles. The number of hydrogen-bond acceptors (Lipinski definition) is 3. The molecule has 1 aliphatic carbocycles. The first-order valence-corrected chi connectivity index (χ1v) is 7.10. The van der Waals surface area contributed by atoms with Crippen LogP contribution in [-0.2, 0) is 4.79 Å². The van der Waals surface area contributed by atoms with Crippen LogP contribution in [0.25, 0.3) is 0 Å². The molecule has 0 saturated heterocycles. The lowest BCUT2D eigenvalue weighted by Crippen LogP contribution is -2.26. The van der Waals surface area contributed by atoms with Gasteiger partial charge >= 0.3 is 0 Å². The number of carbonyl (C=O) groups excluding carboxylic acids is 1. The van der Waals surface area contributed by atoms with Gasteiger partial charge in [-0.2, -0.15) is 5.26 Å². The molecule has 0 bridgehead atoms. The Kier molecular flexibility index (Phi) is 5.00. The summed E-state index contributed by atoms with van der Waals surface area (Å²) in [5, 5.41) is 11.5. The van der Waals surface area contributed by atoms with E-state index in [1.165, 1.54) is 0 Å². The Morgan fingerprint density at radius 2 is 2.05 bits per heavy atom. The Morgan fingerprint density at radius 1 is 1.35 bits per heavy atom. The SMILES string of the molecule is CC1CCC(C(=O)Nc2ccccc2OCC#N)CC1. The lowest BCUT2D eigenvalue weighted by atomic mass is 9.82. The number of nitrogens with one attached hydrogen (secondary N) is 1. The van der Waals surface area contributed by atoms with Crippen molar-refractivity contribution >= 4 is 11.6 Å². The van der Waals surface area contributed by atoms with Gasteiger partial charge in [-0.25, -0.2) is 0 Å².